The van der Waals surface area contributed by atoms with Gasteiger partial charge in [0.05, 0.1) is 0 Å². The minimum atomic E-state index is 1.23. The molecule has 0 aliphatic carbocycles. The topological polar surface area (TPSA) is 0 Å². The summed E-state index contributed by atoms with van der Waals surface area (Å²) in [5.74, 6) is 0. The lowest BCUT2D eigenvalue weighted by molar-refractivity contribution is 1.63. The molecule has 17 rings (SSSR count). The van der Waals surface area contributed by atoms with E-state index in [4.69, 9.17) is 0 Å². The van der Waals surface area contributed by atoms with Crippen LogP contribution < -0.4 is 0 Å². The lowest BCUT2D eigenvalue weighted by Gasteiger charge is -2.22. The van der Waals surface area contributed by atoms with Gasteiger partial charge in [-0.1, -0.05) is 315 Å². The van der Waals surface area contributed by atoms with Crippen LogP contribution in [-0.4, -0.2) is 0 Å². The molecule has 0 radical (unpaired) electrons. The lowest BCUT2D eigenvalue weighted by Crippen LogP contribution is -1.94. The summed E-state index contributed by atoms with van der Waals surface area (Å²) < 4.78 is 0. The van der Waals surface area contributed by atoms with E-state index in [9.17, 15) is 0 Å². The Balaban J connectivity index is 0.000000138. The van der Waals surface area contributed by atoms with Crippen molar-refractivity contribution in [3.63, 3.8) is 0 Å². The third kappa shape index (κ3) is 8.22. The summed E-state index contributed by atoms with van der Waals surface area (Å²) in [6.07, 6.45) is 0. The molecule has 0 amide bonds. The van der Waals surface area contributed by atoms with Crippen molar-refractivity contribution in [1.82, 2.24) is 0 Å². The SMILES string of the molecule is c1ccc(-c2c3ccccc3c(-c3c4ccccc4c(-c4ccccc4)c4ccccc34)c3ccccc23)cc1.c1ccc2cc(-c3ccc(-c4c5ccccc5c(-c5ccc6ccccc6c5)c5ccc6ccccc6c45)cc3)ccc2c1. The van der Waals surface area contributed by atoms with Crippen molar-refractivity contribution in [2.24, 2.45) is 0 Å². The second-order valence-electron chi connectivity index (χ2n) is 22.1. The average Bonchev–Trinajstić information content (AvgIpc) is 1.69. The van der Waals surface area contributed by atoms with Crippen LogP contribution in [0.4, 0.5) is 0 Å². The smallest absolute Gasteiger partial charge is 0.00139 e. The maximum atomic E-state index is 2.35. The molecular weight excluding hydrogens is 1010 g/mol. The van der Waals surface area contributed by atoms with Gasteiger partial charge in [0.1, 0.15) is 0 Å². The van der Waals surface area contributed by atoms with E-state index in [0.717, 1.165) is 0 Å². The molecule has 0 spiro atoms. The molecule has 84 heavy (non-hydrogen) atoms. The molecule has 0 aliphatic heterocycles. The standard InChI is InChI=1S/C44H28.C40H26/c1-3-12-34-27-36(23-19-29(34)9-1)31-17-21-33(22-18-31)43-40-16-8-7-15-39(40)42(37-24-20-30-10-2-4-13-35(30)28-37)41-26-25-32-11-5-6-14-38(32)44(41)43;1-3-15-27(16-4-1)37-29-19-7-11-23-33(29)39(34-24-12-8-20-30(34)37)40-35-25-13-9-21-31(35)38(28-17-5-2-6-18-28)32-22-10-14-26-36(32)40/h1-28H;1-26H. The van der Waals surface area contributed by atoms with Crippen molar-refractivity contribution in [2.45, 2.75) is 0 Å². The number of fused-ring (bicyclic) bond motifs is 10. The number of rotatable bonds is 6. The Labute approximate surface area is 488 Å². The van der Waals surface area contributed by atoms with Crippen molar-refractivity contribution in [3.8, 4) is 66.8 Å². The van der Waals surface area contributed by atoms with Crippen LogP contribution in [0, 0.1) is 0 Å². The van der Waals surface area contributed by atoms with Crippen LogP contribution >= 0.6 is 0 Å². The van der Waals surface area contributed by atoms with Gasteiger partial charge in [-0.15, -0.1) is 0 Å². The molecule has 0 aliphatic rings. The predicted molar refractivity (Wildman–Crippen MR) is 363 cm³/mol. The Bertz CT molecular complexity index is 5130. The van der Waals surface area contributed by atoms with Crippen molar-refractivity contribution >= 4 is 97.0 Å². The number of hydrogen-bond donors (Lipinski definition) is 0. The zero-order valence-corrected chi connectivity index (χ0v) is 46.2. The first-order chi connectivity index (χ1) is 41.7. The van der Waals surface area contributed by atoms with Crippen LogP contribution in [0.1, 0.15) is 0 Å². The van der Waals surface area contributed by atoms with E-state index in [1.165, 1.54) is 164 Å². The van der Waals surface area contributed by atoms with E-state index in [-0.39, 0.29) is 0 Å². The van der Waals surface area contributed by atoms with Gasteiger partial charge in [0.25, 0.3) is 0 Å². The zero-order valence-electron chi connectivity index (χ0n) is 46.2. The highest BCUT2D eigenvalue weighted by Gasteiger charge is 2.23. The van der Waals surface area contributed by atoms with Crippen LogP contribution in [-0.2, 0) is 0 Å². The molecule has 0 saturated heterocycles. The monoisotopic (exact) mass is 1060 g/mol. The normalized spacial score (nSPS) is 11.6. The highest BCUT2D eigenvalue weighted by Crippen LogP contribution is 2.51. The van der Waals surface area contributed by atoms with Gasteiger partial charge in [-0.25, -0.2) is 0 Å². The Morgan fingerprint density at radius 1 is 0.119 bits per heavy atom. The molecule has 17 aromatic rings. The number of benzene rings is 17. The fourth-order valence-electron chi connectivity index (χ4n) is 13.7. The maximum Gasteiger partial charge on any atom is -0.00139 e. The largest absolute Gasteiger partial charge is 0.0622 e. The van der Waals surface area contributed by atoms with Crippen molar-refractivity contribution in [3.05, 3.63) is 328 Å². The summed E-state index contributed by atoms with van der Waals surface area (Å²) in [5, 5.41) is 23.0. The Hall–Kier alpha value is -10.9. The molecule has 0 heterocycles. The van der Waals surface area contributed by atoms with Gasteiger partial charge >= 0.3 is 0 Å². The molecule has 0 saturated carbocycles. The van der Waals surface area contributed by atoms with Gasteiger partial charge in [-0.05, 0) is 176 Å². The van der Waals surface area contributed by atoms with E-state index in [1.807, 2.05) is 0 Å². The van der Waals surface area contributed by atoms with Crippen LogP contribution in [0.2, 0.25) is 0 Å². The zero-order chi connectivity index (χ0) is 55.5. The minimum Gasteiger partial charge on any atom is -0.0622 e. The first-order valence-electron chi connectivity index (χ1n) is 29.1. The van der Waals surface area contributed by atoms with Crippen LogP contribution in [0.25, 0.3) is 164 Å². The molecule has 17 aromatic carbocycles. The third-order valence-corrected chi connectivity index (χ3v) is 17.4. The summed E-state index contributed by atoms with van der Waals surface area (Å²) in [6.45, 7) is 0. The Kier molecular flexibility index (Phi) is 12.0. The van der Waals surface area contributed by atoms with Gasteiger partial charge in [0.2, 0.25) is 0 Å². The molecular formula is C84H54. The van der Waals surface area contributed by atoms with E-state index in [1.54, 1.807) is 0 Å². The van der Waals surface area contributed by atoms with Gasteiger partial charge < -0.3 is 0 Å². The quantitative estimate of drug-likeness (QED) is 0.115. The van der Waals surface area contributed by atoms with Crippen LogP contribution in [0.3, 0.4) is 0 Å². The van der Waals surface area contributed by atoms with Crippen molar-refractivity contribution in [1.29, 1.82) is 0 Å². The second-order valence-corrected chi connectivity index (χ2v) is 22.1. The molecule has 0 unspecified atom stereocenters. The van der Waals surface area contributed by atoms with Gasteiger partial charge in [0, 0.05) is 0 Å². The van der Waals surface area contributed by atoms with E-state index >= 15 is 0 Å². The maximum absolute atomic E-state index is 2.35. The molecule has 0 N–H and O–H groups in total. The van der Waals surface area contributed by atoms with Crippen LogP contribution in [0.15, 0.2) is 328 Å². The fraction of sp³-hybridized carbons (Fsp3) is 0. The summed E-state index contributed by atoms with van der Waals surface area (Å²) >= 11 is 0. The third-order valence-electron chi connectivity index (χ3n) is 17.4. The highest BCUT2D eigenvalue weighted by molar-refractivity contribution is 6.31. The molecule has 0 nitrogen and oxygen atoms in total. The van der Waals surface area contributed by atoms with E-state index < -0.39 is 0 Å². The fourth-order valence-corrected chi connectivity index (χ4v) is 13.7. The predicted octanol–water partition coefficient (Wildman–Crippen LogP) is 23.8. The summed E-state index contributed by atoms with van der Waals surface area (Å²) in [5.41, 5.74) is 15.2. The molecule has 0 aromatic heterocycles. The average molecular weight is 1060 g/mol. The van der Waals surface area contributed by atoms with Gasteiger partial charge in [0.15, 0.2) is 0 Å². The Morgan fingerprint density at radius 3 is 0.833 bits per heavy atom. The first-order valence-corrected chi connectivity index (χ1v) is 29.1. The molecule has 0 heteroatoms. The van der Waals surface area contributed by atoms with Crippen LogP contribution in [0.5, 0.6) is 0 Å². The minimum absolute atomic E-state index is 1.23. The number of hydrogen-bond acceptors (Lipinski definition) is 0. The first kappa shape index (κ1) is 48.9. The molecule has 0 atom stereocenters. The Morgan fingerprint density at radius 2 is 0.393 bits per heavy atom. The van der Waals surface area contributed by atoms with E-state index in [2.05, 4.69) is 328 Å². The van der Waals surface area contributed by atoms with Crippen molar-refractivity contribution < 1.29 is 0 Å². The van der Waals surface area contributed by atoms with E-state index in [0.29, 0.717) is 0 Å². The van der Waals surface area contributed by atoms with Gasteiger partial charge in [-0.2, -0.15) is 0 Å². The summed E-state index contributed by atoms with van der Waals surface area (Å²) in [4.78, 5) is 0. The molecule has 0 fully saturated rings. The van der Waals surface area contributed by atoms with Crippen molar-refractivity contribution in [2.75, 3.05) is 0 Å². The highest BCUT2D eigenvalue weighted by atomic mass is 14.3. The summed E-state index contributed by atoms with van der Waals surface area (Å²) in [6, 6.07) is 120. The van der Waals surface area contributed by atoms with Gasteiger partial charge in [-0.3, -0.25) is 0 Å². The molecule has 390 valence electrons. The lowest BCUT2D eigenvalue weighted by atomic mass is 9.81. The molecule has 0 bridgehead atoms. The second kappa shape index (κ2) is 20.6. The summed E-state index contributed by atoms with van der Waals surface area (Å²) in [7, 11) is 0.